The number of rotatable bonds is 1. The summed E-state index contributed by atoms with van der Waals surface area (Å²) in [6.07, 6.45) is 2.36. The van der Waals surface area contributed by atoms with Crippen molar-refractivity contribution in [3.8, 4) is 11.8 Å². The van der Waals surface area contributed by atoms with Crippen molar-refractivity contribution in [3.05, 3.63) is 27.7 Å². The zero-order chi connectivity index (χ0) is 11.5. The highest BCUT2D eigenvalue weighted by atomic mass is 35.5. The molecule has 1 aliphatic rings. The summed E-state index contributed by atoms with van der Waals surface area (Å²) in [4.78, 5) is 0. The fraction of sp³-hybridized carbons (Fsp3) is 0.417. The van der Waals surface area contributed by atoms with Crippen LogP contribution in [-0.4, -0.2) is 6.61 Å². The molecule has 2 rings (SSSR count). The molecule has 84 valence electrons. The second-order valence-electron chi connectivity index (χ2n) is 3.86. The third-order valence-electron chi connectivity index (χ3n) is 2.76. The average Bonchev–Trinajstić information content (AvgIpc) is 2.42. The van der Waals surface area contributed by atoms with E-state index < -0.39 is 0 Å². The first-order chi connectivity index (χ1) is 7.72. The van der Waals surface area contributed by atoms with Crippen LogP contribution in [0, 0.1) is 11.3 Å². The maximum absolute atomic E-state index is 8.82. The van der Waals surface area contributed by atoms with Gasteiger partial charge in [-0.1, -0.05) is 23.2 Å². The molecule has 0 aromatic heterocycles. The van der Waals surface area contributed by atoms with Crippen LogP contribution in [0.3, 0.4) is 0 Å². The van der Waals surface area contributed by atoms with Crippen LogP contribution in [-0.2, 0) is 0 Å². The van der Waals surface area contributed by atoms with E-state index in [1.54, 1.807) is 6.07 Å². The lowest BCUT2D eigenvalue weighted by Gasteiger charge is -2.14. The van der Waals surface area contributed by atoms with Gasteiger partial charge in [-0.15, -0.1) is 0 Å². The molecule has 0 radical (unpaired) electrons. The van der Waals surface area contributed by atoms with Crippen LogP contribution in [0.5, 0.6) is 5.75 Å². The summed E-state index contributed by atoms with van der Waals surface area (Å²) in [7, 11) is 0. The Morgan fingerprint density at radius 2 is 2.25 bits per heavy atom. The summed E-state index contributed by atoms with van der Waals surface area (Å²) >= 11 is 12.1. The van der Waals surface area contributed by atoms with Gasteiger partial charge in [0.05, 0.1) is 17.7 Å². The van der Waals surface area contributed by atoms with Gasteiger partial charge < -0.3 is 4.74 Å². The van der Waals surface area contributed by atoms with Gasteiger partial charge in [-0.3, -0.25) is 0 Å². The van der Waals surface area contributed by atoms with Gasteiger partial charge in [0, 0.05) is 22.9 Å². The molecule has 0 N–H and O–H groups in total. The van der Waals surface area contributed by atoms with Gasteiger partial charge in [-0.25, -0.2) is 0 Å². The number of ether oxygens (including phenoxy) is 1. The molecule has 0 amide bonds. The molecule has 4 heteroatoms. The lowest BCUT2D eigenvalue weighted by molar-refractivity contribution is 0.316. The van der Waals surface area contributed by atoms with Gasteiger partial charge in [-0.2, -0.15) is 5.26 Å². The lowest BCUT2D eigenvalue weighted by atomic mass is 9.92. The minimum Gasteiger partial charge on any atom is -0.492 e. The molecule has 1 unspecified atom stereocenters. The van der Waals surface area contributed by atoms with Crippen molar-refractivity contribution < 1.29 is 4.74 Å². The van der Waals surface area contributed by atoms with Crippen molar-refractivity contribution in [2.75, 3.05) is 6.61 Å². The minimum atomic E-state index is 0.179. The number of nitriles is 1. The number of hydrogen-bond donors (Lipinski definition) is 0. The van der Waals surface area contributed by atoms with E-state index >= 15 is 0 Å². The van der Waals surface area contributed by atoms with Crippen LogP contribution >= 0.6 is 23.2 Å². The largest absolute Gasteiger partial charge is 0.492 e. The van der Waals surface area contributed by atoms with Crippen LogP contribution in [0.25, 0.3) is 0 Å². The topological polar surface area (TPSA) is 33.0 Å². The Hall–Kier alpha value is -0.910. The Balaban J connectivity index is 2.48. The Morgan fingerprint density at radius 1 is 1.44 bits per heavy atom. The van der Waals surface area contributed by atoms with Gasteiger partial charge in [0.25, 0.3) is 0 Å². The van der Waals surface area contributed by atoms with Crippen LogP contribution in [0.2, 0.25) is 10.0 Å². The summed E-state index contributed by atoms with van der Waals surface area (Å²) in [6, 6.07) is 5.74. The molecule has 1 heterocycles. The number of benzene rings is 1. The summed E-state index contributed by atoms with van der Waals surface area (Å²) in [5.74, 6) is 0.877. The predicted octanol–water partition coefficient (Wildman–Crippen LogP) is 4.16. The SMILES string of the molecule is N#CCC1CCCOc2c(Cl)cc(Cl)cc21. The molecule has 1 aromatic carbocycles. The van der Waals surface area contributed by atoms with Crippen molar-refractivity contribution >= 4 is 23.2 Å². The third-order valence-corrected chi connectivity index (χ3v) is 3.26. The number of hydrogen-bond acceptors (Lipinski definition) is 2. The van der Waals surface area contributed by atoms with Gasteiger partial charge in [0.1, 0.15) is 5.75 Å². The molecule has 0 bridgehead atoms. The van der Waals surface area contributed by atoms with Gasteiger partial charge in [0.15, 0.2) is 0 Å². The zero-order valence-corrected chi connectivity index (χ0v) is 10.2. The van der Waals surface area contributed by atoms with Crippen LogP contribution in [0.15, 0.2) is 12.1 Å². The average molecular weight is 256 g/mol. The van der Waals surface area contributed by atoms with Gasteiger partial charge >= 0.3 is 0 Å². The van der Waals surface area contributed by atoms with Crippen LogP contribution < -0.4 is 4.74 Å². The number of nitrogens with zero attached hydrogens (tertiary/aromatic N) is 1. The van der Waals surface area contributed by atoms with Crippen molar-refractivity contribution in [2.45, 2.75) is 25.2 Å². The third kappa shape index (κ3) is 2.26. The number of halogens is 2. The molecule has 0 saturated carbocycles. The van der Waals surface area contributed by atoms with E-state index in [2.05, 4.69) is 6.07 Å². The van der Waals surface area contributed by atoms with Crippen molar-refractivity contribution in [2.24, 2.45) is 0 Å². The summed E-state index contributed by atoms with van der Waals surface area (Å²) in [6.45, 7) is 0.649. The van der Waals surface area contributed by atoms with E-state index in [0.29, 0.717) is 28.8 Å². The molecule has 0 aliphatic carbocycles. The second-order valence-corrected chi connectivity index (χ2v) is 4.70. The Bertz CT molecular complexity index is 439. The van der Waals surface area contributed by atoms with E-state index in [1.165, 1.54) is 0 Å². The van der Waals surface area contributed by atoms with Crippen LogP contribution in [0.4, 0.5) is 0 Å². The fourth-order valence-electron chi connectivity index (χ4n) is 2.02. The normalized spacial score (nSPS) is 19.2. The van der Waals surface area contributed by atoms with E-state index in [9.17, 15) is 0 Å². The highest BCUT2D eigenvalue weighted by molar-refractivity contribution is 6.35. The van der Waals surface area contributed by atoms with Crippen molar-refractivity contribution in [1.29, 1.82) is 5.26 Å². The molecule has 1 aliphatic heterocycles. The Morgan fingerprint density at radius 3 is 3.00 bits per heavy atom. The summed E-state index contributed by atoms with van der Waals surface area (Å²) in [5.41, 5.74) is 0.969. The van der Waals surface area contributed by atoms with Gasteiger partial charge in [-0.05, 0) is 25.0 Å². The molecular weight excluding hydrogens is 245 g/mol. The van der Waals surface area contributed by atoms with Gasteiger partial charge in [0.2, 0.25) is 0 Å². The first-order valence-corrected chi connectivity index (χ1v) is 5.96. The molecule has 2 nitrogen and oxygen atoms in total. The monoisotopic (exact) mass is 255 g/mol. The molecule has 0 spiro atoms. The first-order valence-electron chi connectivity index (χ1n) is 5.21. The van der Waals surface area contributed by atoms with E-state index in [4.69, 9.17) is 33.2 Å². The number of fused-ring (bicyclic) bond motifs is 1. The van der Waals surface area contributed by atoms with Crippen molar-refractivity contribution in [3.63, 3.8) is 0 Å². The first kappa shape index (κ1) is 11.6. The van der Waals surface area contributed by atoms with Crippen molar-refractivity contribution in [1.82, 2.24) is 0 Å². The van der Waals surface area contributed by atoms with E-state index in [-0.39, 0.29) is 5.92 Å². The highest BCUT2D eigenvalue weighted by Gasteiger charge is 2.22. The lowest BCUT2D eigenvalue weighted by Crippen LogP contribution is -1.98. The maximum atomic E-state index is 8.82. The van der Waals surface area contributed by atoms with Crippen LogP contribution in [0.1, 0.15) is 30.7 Å². The fourth-order valence-corrected chi connectivity index (χ4v) is 2.58. The molecule has 0 fully saturated rings. The maximum Gasteiger partial charge on any atom is 0.141 e. The summed E-state index contributed by atoms with van der Waals surface area (Å²) < 4.78 is 5.61. The van der Waals surface area contributed by atoms with E-state index in [1.807, 2.05) is 6.07 Å². The Kier molecular flexibility index (Phi) is 3.58. The predicted molar refractivity (Wildman–Crippen MR) is 64.2 cm³/mol. The quantitative estimate of drug-likeness (QED) is 0.755. The zero-order valence-electron chi connectivity index (χ0n) is 8.67. The molecule has 1 aromatic rings. The molecule has 16 heavy (non-hydrogen) atoms. The second kappa shape index (κ2) is 4.95. The highest BCUT2D eigenvalue weighted by Crippen LogP contribution is 2.41. The minimum absolute atomic E-state index is 0.179. The van der Waals surface area contributed by atoms with E-state index in [0.717, 1.165) is 18.4 Å². The smallest absolute Gasteiger partial charge is 0.141 e. The standard InChI is InChI=1S/C12H11Cl2NO/c13-9-6-10-8(3-4-15)2-1-5-16-12(10)11(14)7-9/h6-8H,1-3,5H2. The Labute approximate surface area is 105 Å². The molecular formula is C12H11Cl2NO. The summed E-state index contributed by atoms with van der Waals surface area (Å²) in [5, 5.41) is 9.95. The molecule has 1 atom stereocenters. The molecule has 0 saturated heterocycles.